The van der Waals surface area contributed by atoms with E-state index >= 15 is 0 Å². The van der Waals surface area contributed by atoms with Crippen molar-refractivity contribution in [3.8, 4) is 0 Å². The number of hydrogen-bond acceptors (Lipinski definition) is 4. The summed E-state index contributed by atoms with van der Waals surface area (Å²) in [6, 6.07) is 0. The molecule has 0 aromatic heterocycles. The first kappa shape index (κ1) is 14.4. The van der Waals surface area contributed by atoms with Crippen molar-refractivity contribution in [1.82, 2.24) is 5.32 Å². The molecule has 1 fully saturated rings. The number of ether oxygens (including phenoxy) is 2. The molecule has 2 N–H and O–H groups in total. The highest BCUT2D eigenvalue weighted by molar-refractivity contribution is 5.78. The summed E-state index contributed by atoms with van der Waals surface area (Å²) in [5.41, 5.74) is -0.935. The van der Waals surface area contributed by atoms with E-state index in [1.165, 1.54) is 0 Å². The van der Waals surface area contributed by atoms with Crippen LogP contribution in [0, 0.1) is 0 Å². The Morgan fingerprint density at radius 3 is 2.88 bits per heavy atom. The van der Waals surface area contributed by atoms with Gasteiger partial charge in [0.2, 0.25) is 0 Å². The summed E-state index contributed by atoms with van der Waals surface area (Å²) < 4.78 is 11.1. The van der Waals surface area contributed by atoms with Gasteiger partial charge in [-0.15, -0.1) is 0 Å². The fraction of sp³-hybridized carbons (Fsp3) is 0.917. The van der Waals surface area contributed by atoms with Gasteiger partial charge in [-0.3, -0.25) is 4.79 Å². The minimum absolute atomic E-state index is 0.104. The molecule has 1 saturated heterocycles. The third-order valence-corrected chi connectivity index (χ3v) is 3.31. The molecule has 0 amide bonds. The molecular formula is C12H23NO4. The normalized spacial score (nSPS) is 25.5. The van der Waals surface area contributed by atoms with Gasteiger partial charge < -0.3 is 19.9 Å². The number of hydrogen-bond donors (Lipinski definition) is 2. The molecule has 5 nitrogen and oxygen atoms in total. The second-order valence-electron chi connectivity index (χ2n) is 4.87. The summed E-state index contributed by atoms with van der Waals surface area (Å²) in [5.74, 6) is -0.854. The number of aliphatic carboxylic acids is 1. The van der Waals surface area contributed by atoms with Crippen LogP contribution < -0.4 is 5.32 Å². The van der Waals surface area contributed by atoms with Crippen LogP contribution >= 0.6 is 0 Å². The van der Waals surface area contributed by atoms with Crippen LogP contribution in [0.2, 0.25) is 0 Å². The zero-order chi connectivity index (χ0) is 12.9. The van der Waals surface area contributed by atoms with Gasteiger partial charge in [-0.1, -0.05) is 0 Å². The van der Waals surface area contributed by atoms with E-state index in [2.05, 4.69) is 5.32 Å². The van der Waals surface area contributed by atoms with E-state index in [-0.39, 0.29) is 12.2 Å². The predicted octanol–water partition coefficient (Wildman–Crippen LogP) is 1.02. The van der Waals surface area contributed by atoms with Crippen LogP contribution in [0.25, 0.3) is 0 Å². The van der Waals surface area contributed by atoms with Crippen LogP contribution in [0.4, 0.5) is 0 Å². The van der Waals surface area contributed by atoms with Crippen LogP contribution in [-0.2, 0) is 14.3 Å². The molecule has 0 aliphatic carbocycles. The Morgan fingerprint density at radius 1 is 1.71 bits per heavy atom. The monoisotopic (exact) mass is 245 g/mol. The van der Waals surface area contributed by atoms with Crippen molar-refractivity contribution in [2.75, 3.05) is 20.3 Å². The van der Waals surface area contributed by atoms with Gasteiger partial charge in [-0.25, -0.2) is 0 Å². The molecule has 1 aliphatic rings. The molecule has 1 aliphatic heterocycles. The number of likely N-dealkylation sites (N-methyl/N-ethyl adjacent to an activating group) is 1. The number of nitrogens with one attached hydrogen (secondary N) is 1. The van der Waals surface area contributed by atoms with Crippen molar-refractivity contribution in [3.05, 3.63) is 0 Å². The fourth-order valence-corrected chi connectivity index (χ4v) is 1.98. The Balaban J connectivity index is 2.31. The molecule has 0 saturated carbocycles. The van der Waals surface area contributed by atoms with E-state index in [4.69, 9.17) is 14.6 Å². The first-order valence-electron chi connectivity index (χ1n) is 6.13. The van der Waals surface area contributed by atoms with Gasteiger partial charge in [0, 0.05) is 13.0 Å². The minimum Gasteiger partial charge on any atom is -0.480 e. The summed E-state index contributed by atoms with van der Waals surface area (Å²) in [7, 11) is 1.65. The summed E-state index contributed by atoms with van der Waals surface area (Å²) in [5, 5.41) is 11.9. The zero-order valence-electron chi connectivity index (χ0n) is 10.9. The van der Waals surface area contributed by atoms with Crippen molar-refractivity contribution >= 4 is 5.97 Å². The lowest BCUT2D eigenvalue weighted by Gasteiger charge is -2.28. The van der Waals surface area contributed by atoms with E-state index in [1.807, 2.05) is 6.92 Å². The maximum Gasteiger partial charge on any atom is 0.323 e. The van der Waals surface area contributed by atoms with E-state index in [1.54, 1.807) is 14.0 Å². The summed E-state index contributed by atoms with van der Waals surface area (Å²) in [6.45, 7) is 4.93. The van der Waals surface area contributed by atoms with E-state index < -0.39 is 11.5 Å². The minimum atomic E-state index is -0.935. The van der Waals surface area contributed by atoms with Gasteiger partial charge in [-0.05, 0) is 33.7 Å². The molecule has 17 heavy (non-hydrogen) atoms. The number of carboxylic acid groups (broad SMARTS) is 1. The fourth-order valence-electron chi connectivity index (χ4n) is 1.98. The topological polar surface area (TPSA) is 67.8 Å². The van der Waals surface area contributed by atoms with Crippen molar-refractivity contribution in [3.63, 3.8) is 0 Å². The third kappa shape index (κ3) is 4.26. The first-order valence-corrected chi connectivity index (χ1v) is 6.13. The Morgan fingerprint density at radius 2 is 2.41 bits per heavy atom. The summed E-state index contributed by atoms with van der Waals surface area (Å²) in [6.07, 6.45) is 2.64. The zero-order valence-corrected chi connectivity index (χ0v) is 10.9. The lowest BCUT2D eigenvalue weighted by molar-refractivity contribution is -0.145. The van der Waals surface area contributed by atoms with Crippen molar-refractivity contribution in [2.45, 2.75) is 50.9 Å². The lowest BCUT2D eigenvalue weighted by Crippen LogP contribution is -2.49. The van der Waals surface area contributed by atoms with E-state index in [9.17, 15) is 4.79 Å². The van der Waals surface area contributed by atoms with Crippen LogP contribution in [0.1, 0.15) is 33.1 Å². The molecule has 0 bridgehead atoms. The first-order chi connectivity index (χ1) is 7.98. The SMILES string of the molecule is CNC(C)(CC(C)OCC1CCCO1)C(=O)O. The summed E-state index contributed by atoms with van der Waals surface area (Å²) in [4.78, 5) is 11.1. The molecule has 3 unspecified atom stereocenters. The smallest absolute Gasteiger partial charge is 0.323 e. The molecule has 100 valence electrons. The quantitative estimate of drug-likeness (QED) is 0.701. The Labute approximate surface area is 102 Å². The predicted molar refractivity (Wildman–Crippen MR) is 64.1 cm³/mol. The molecule has 0 spiro atoms. The Kier molecular flexibility index (Phi) is 5.36. The van der Waals surface area contributed by atoms with Gasteiger partial charge in [0.15, 0.2) is 0 Å². The second-order valence-corrected chi connectivity index (χ2v) is 4.87. The molecule has 1 rings (SSSR count). The average molecular weight is 245 g/mol. The van der Waals surface area contributed by atoms with Gasteiger partial charge in [-0.2, -0.15) is 0 Å². The Bertz CT molecular complexity index is 253. The molecule has 1 heterocycles. The second kappa shape index (κ2) is 6.33. The average Bonchev–Trinajstić information content (AvgIpc) is 2.78. The maximum absolute atomic E-state index is 11.1. The van der Waals surface area contributed by atoms with Gasteiger partial charge >= 0.3 is 5.97 Å². The largest absolute Gasteiger partial charge is 0.480 e. The lowest BCUT2D eigenvalue weighted by atomic mass is 9.95. The molecule has 3 atom stereocenters. The third-order valence-electron chi connectivity index (χ3n) is 3.31. The van der Waals surface area contributed by atoms with Crippen molar-refractivity contribution in [2.24, 2.45) is 0 Å². The number of rotatable bonds is 7. The van der Waals surface area contributed by atoms with Crippen LogP contribution in [0.5, 0.6) is 0 Å². The highest BCUT2D eigenvalue weighted by atomic mass is 16.5. The van der Waals surface area contributed by atoms with Gasteiger partial charge in [0.05, 0.1) is 18.8 Å². The standard InChI is InChI=1S/C12H23NO4/c1-9(7-12(2,13-3)11(14)15)17-8-10-5-4-6-16-10/h9-10,13H,4-8H2,1-3H3,(H,14,15). The molecular weight excluding hydrogens is 222 g/mol. The molecule has 5 heteroatoms. The van der Waals surface area contributed by atoms with Crippen LogP contribution in [0.3, 0.4) is 0 Å². The van der Waals surface area contributed by atoms with Gasteiger partial charge in [0.25, 0.3) is 0 Å². The van der Waals surface area contributed by atoms with Gasteiger partial charge in [0.1, 0.15) is 5.54 Å². The molecule has 0 aromatic rings. The van der Waals surface area contributed by atoms with Crippen molar-refractivity contribution in [1.29, 1.82) is 0 Å². The van der Waals surface area contributed by atoms with Crippen LogP contribution in [0.15, 0.2) is 0 Å². The highest BCUT2D eigenvalue weighted by Crippen LogP contribution is 2.17. The summed E-state index contributed by atoms with van der Waals surface area (Å²) >= 11 is 0. The molecule has 0 aromatic carbocycles. The number of carboxylic acids is 1. The maximum atomic E-state index is 11.1. The van der Waals surface area contributed by atoms with Crippen molar-refractivity contribution < 1.29 is 19.4 Å². The highest BCUT2D eigenvalue weighted by Gasteiger charge is 2.33. The number of carbonyl (C=O) groups is 1. The Hall–Kier alpha value is -0.650. The van der Waals surface area contributed by atoms with E-state index in [0.29, 0.717) is 13.0 Å². The van der Waals surface area contributed by atoms with E-state index in [0.717, 1.165) is 19.4 Å². The van der Waals surface area contributed by atoms with Crippen LogP contribution in [-0.4, -0.2) is 49.1 Å². The molecule has 0 radical (unpaired) electrons.